The second-order valence-electron chi connectivity index (χ2n) is 13.7. The van der Waals surface area contributed by atoms with Crippen LogP contribution in [0.5, 0.6) is 0 Å². The Morgan fingerprint density at radius 1 is 0.689 bits per heavy atom. The van der Waals surface area contributed by atoms with Crippen LogP contribution in [0.1, 0.15) is 182 Å². The Labute approximate surface area is 277 Å². The third-order valence-corrected chi connectivity index (χ3v) is 9.69. The first kappa shape index (κ1) is 41.2. The van der Waals surface area contributed by atoms with Gasteiger partial charge in [0.25, 0.3) is 0 Å². The predicted molar refractivity (Wildman–Crippen MR) is 185 cm³/mol. The Morgan fingerprint density at radius 3 is 1.69 bits per heavy atom. The molecule has 4 atom stereocenters. The maximum absolute atomic E-state index is 13.3. The summed E-state index contributed by atoms with van der Waals surface area (Å²) in [6, 6.07) is 0. The fourth-order valence-electron chi connectivity index (χ4n) is 7.05. The van der Waals surface area contributed by atoms with E-state index in [1.54, 1.807) is 0 Å². The molecule has 0 spiro atoms. The van der Waals surface area contributed by atoms with Crippen LogP contribution in [-0.4, -0.2) is 36.7 Å². The zero-order chi connectivity index (χ0) is 33.2. The molecule has 1 saturated carbocycles. The average Bonchev–Trinajstić information content (AvgIpc) is 3.04. The fraction of sp³-hybridized carbons (Fsp3) is 0.872. The van der Waals surface area contributed by atoms with E-state index >= 15 is 0 Å². The van der Waals surface area contributed by atoms with Crippen molar-refractivity contribution in [3.05, 3.63) is 12.7 Å². The largest absolute Gasteiger partial charge is 0.465 e. The molecule has 0 radical (unpaired) electrons. The molecule has 0 N–H and O–H groups in total. The SMILES string of the molecule is C=CC(=O)OC1(C(=O)OCCCCCC(CCC)CCCCC)CCCC(C(=O)OCCCCCC(CCC)CCCCC)C1. The maximum atomic E-state index is 13.3. The van der Waals surface area contributed by atoms with Crippen LogP contribution in [0.2, 0.25) is 0 Å². The number of unbranched alkanes of at least 4 members (excludes halogenated alkanes) is 8. The van der Waals surface area contributed by atoms with Crippen LogP contribution in [-0.2, 0) is 28.6 Å². The highest BCUT2D eigenvalue weighted by Crippen LogP contribution is 2.37. The van der Waals surface area contributed by atoms with Gasteiger partial charge in [0.1, 0.15) is 0 Å². The van der Waals surface area contributed by atoms with Gasteiger partial charge in [0.05, 0.1) is 19.1 Å². The van der Waals surface area contributed by atoms with Gasteiger partial charge in [-0.3, -0.25) is 4.79 Å². The highest BCUT2D eigenvalue weighted by atomic mass is 16.6. The Bertz CT molecular complexity index is 794. The third kappa shape index (κ3) is 18.2. The molecule has 0 amide bonds. The fourth-order valence-corrected chi connectivity index (χ4v) is 7.05. The second-order valence-corrected chi connectivity index (χ2v) is 13.7. The molecule has 0 aromatic rings. The summed E-state index contributed by atoms with van der Waals surface area (Å²) in [4.78, 5) is 38.6. The lowest BCUT2D eigenvalue weighted by atomic mass is 9.77. The van der Waals surface area contributed by atoms with Crippen molar-refractivity contribution in [2.45, 2.75) is 187 Å². The highest BCUT2D eigenvalue weighted by Gasteiger charge is 2.49. The van der Waals surface area contributed by atoms with Gasteiger partial charge in [-0.15, -0.1) is 0 Å². The minimum Gasteiger partial charge on any atom is -0.465 e. The Hall–Kier alpha value is -1.85. The first-order chi connectivity index (χ1) is 21.8. The summed E-state index contributed by atoms with van der Waals surface area (Å²) in [5, 5.41) is 0. The van der Waals surface area contributed by atoms with E-state index < -0.39 is 23.5 Å². The predicted octanol–water partition coefficient (Wildman–Crippen LogP) is 10.8. The summed E-state index contributed by atoms with van der Waals surface area (Å²) in [6.07, 6.45) is 26.7. The number of ether oxygens (including phenoxy) is 3. The second kappa shape index (κ2) is 26.2. The van der Waals surface area contributed by atoms with Gasteiger partial charge in [0, 0.05) is 12.5 Å². The number of hydrogen-bond acceptors (Lipinski definition) is 6. The van der Waals surface area contributed by atoms with Crippen LogP contribution >= 0.6 is 0 Å². The van der Waals surface area contributed by atoms with E-state index in [1.165, 1.54) is 96.3 Å². The minimum absolute atomic E-state index is 0.108. The van der Waals surface area contributed by atoms with Gasteiger partial charge in [0.15, 0.2) is 0 Å². The Kier molecular flexibility index (Phi) is 24.0. The summed E-state index contributed by atoms with van der Waals surface area (Å²) in [7, 11) is 0. The molecule has 45 heavy (non-hydrogen) atoms. The summed E-state index contributed by atoms with van der Waals surface area (Å²) >= 11 is 0. The average molecular weight is 635 g/mol. The molecule has 1 fully saturated rings. The van der Waals surface area contributed by atoms with Crippen molar-refractivity contribution in [2.24, 2.45) is 17.8 Å². The van der Waals surface area contributed by atoms with Gasteiger partial charge in [-0.2, -0.15) is 0 Å². The van der Waals surface area contributed by atoms with Crippen molar-refractivity contribution in [1.29, 1.82) is 0 Å². The summed E-state index contributed by atoms with van der Waals surface area (Å²) in [5.41, 5.74) is -1.45. The molecule has 0 bridgehead atoms. The quantitative estimate of drug-likeness (QED) is 0.0369. The summed E-state index contributed by atoms with van der Waals surface area (Å²) in [5.74, 6) is -0.384. The lowest BCUT2D eigenvalue weighted by Crippen LogP contribution is -2.49. The van der Waals surface area contributed by atoms with Gasteiger partial charge in [-0.05, 0) is 43.9 Å². The molecular formula is C39H70O6. The lowest BCUT2D eigenvalue weighted by molar-refractivity contribution is -0.188. The van der Waals surface area contributed by atoms with E-state index in [1.807, 2.05) is 0 Å². The van der Waals surface area contributed by atoms with Crippen LogP contribution in [0.3, 0.4) is 0 Å². The molecule has 0 aromatic carbocycles. The summed E-state index contributed by atoms with van der Waals surface area (Å²) < 4.78 is 17.0. The van der Waals surface area contributed by atoms with Crippen LogP contribution < -0.4 is 0 Å². The molecule has 1 rings (SSSR count). The van der Waals surface area contributed by atoms with E-state index in [9.17, 15) is 14.4 Å². The van der Waals surface area contributed by atoms with E-state index in [-0.39, 0.29) is 12.4 Å². The van der Waals surface area contributed by atoms with E-state index in [0.29, 0.717) is 32.5 Å². The van der Waals surface area contributed by atoms with Crippen molar-refractivity contribution in [2.75, 3.05) is 13.2 Å². The Morgan fingerprint density at radius 2 is 1.20 bits per heavy atom. The van der Waals surface area contributed by atoms with E-state index in [0.717, 1.165) is 50.0 Å². The topological polar surface area (TPSA) is 78.9 Å². The van der Waals surface area contributed by atoms with Crippen molar-refractivity contribution < 1.29 is 28.6 Å². The molecule has 262 valence electrons. The number of carbonyl (C=O) groups is 3. The van der Waals surface area contributed by atoms with Crippen LogP contribution in [0.4, 0.5) is 0 Å². The maximum Gasteiger partial charge on any atom is 0.350 e. The van der Waals surface area contributed by atoms with Crippen LogP contribution in [0, 0.1) is 17.8 Å². The van der Waals surface area contributed by atoms with Crippen LogP contribution in [0.15, 0.2) is 12.7 Å². The van der Waals surface area contributed by atoms with Crippen molar-refractivity contribution in [3.63, 3.8) is 0 Å². The van der Waals surface area contributed by atoms with Crippen LogP contribution in [0.25, 0.3) is 0 Å². The van der Waals surface area contributed by atoms with E-state index in [4.69, 9.17) is 14.2 Å². The molecular weight excluding hydrogens is 564 g/mol. The molecule has 6 nitrogen and oxygen atoms in total. The number of carbonyl (C=O) groups excluding carboxylic acids is 3. The Balaban J connectivity index is 2.51. The zero-order valence-electron chi connectivity index (χ0n) is 29.9. The molecule has 1 aliphatic rings. The highest BCUT2D eigenvalue weighted by molar-refractivity contribution is 5.88. The van der Waals surface area contributed by atoms with Gasteiger partial charge in [-0.1, -0.05) is 150 Å². The molecule has 0 heterocycles. The van der Waals surface area contributed by atoms with Crippen molar-refractivity contribution >= 4 is 17.9 Å². The smallest absolute Gasteiger partial charge is 0.350 e. The van der Waals surface area contributed by atoms with Gasteiger partial charge in [0.2, 0.25) is 5.60 Å². The van der Waals surface area contributed by atoms with Crippen molar-refractivity contribution in [3.8, 4) is 0 Å². The number of rotatable bonds is 28. The van der Waals surface area contributed by atoms with Gasteiger partial charge >= 0.3 is 17.9 Å². The molecule has 6 heteroatoms. The summed E-state index contributed by atoms with van der Waals surface area (Å²) in [6.45, 7) is 13.2. The van der Waals surface area contributed by atoms with E-state index in [2.05, 4.69) is 34.3 Å². The molecule has 1 aliphatic carbocycles. The molecule has 0 aliphatic heterocycles. The van der Waals surface area contributed by atoms with Crippen molar-refractivity contribution in [1.82, 2.24) is 0 Å². The zero-order valence-corrected chi connectivity index (χ0v) is 29.9. The molecule has 0 aromatic heterocycles. The first-order valence-corrected chi connectivity index (χ1v) is 19.0. The molecule has 0 saturated heterocycles. The van der Waals surface area contributed by atoms with Gasteiger partial charge in [-0.25, -0.2) is 9.59 Å². The molecule has 4 unspecified atom stereocenters. The minimum atomic E-state index is -1.45. The van der Waals surface area contributed by atoms with Gasteiger partial charge < -0.3 is 14.2 Å². The number of hydrogen-bond donors (Lipinski definition) is 0. The lowest BCUT2D eigenvalue weighted by Gasteiger charge is -2.37. The standard InChI is InChI=1S/C39H70O6/c1-6-11-15-24-33(22-8-3)26-17-13-19-30-43-37(41)35-28-21-29-39(32-35,45-36(40)10-5)38(42)44-31-20-14-18-27-34(23-9-4)25-16-12-7-2/h10,33-35H,5-9,11-32H2,1-4H3. The number of esters is 3. The normalized spacial score (nSPS) is 19.4. The first-order valence-electron chi connectivity index (χ1n) is 19.0. The third-order valence-electron chi connectivity index (χ3n) is 9.69. The monoisotopic (exact) mass is 635 g/mol.